The Bertz CT molecular complexity index is 447. The molecular weight excluding hydrogens is 212 g/mol. The van der Waals surface area contributed by atoms with Crippen molar-refractivity contribution in [3.63, 3.8) is 0 Å². The second kappa shape index (κ2) is 5.70. The number of nitriles is 1. The van der Waals surface area contributed by atoms with Gasteiger partial charge in [-0.15, -0.1) is 0 Å². The van der Waals surface area contributed by atoms with Gasteiger partial charge in [-0.3, -0.25) is 0 Å². The van der Waals surface area contributed by atoms with Gasteiger partial charge in [0.15, 0.2) is 0 Å². The monoisotopic (exact) mass is 232 g/mol. The highest BCUT2D eigenvalue weighted by Crippen LogP contribution is 2.34. The van der Waals surface area contributed by atoms with Gasteiger partial charge in [0.1, 0.15) is 5.75 Å². The van der Waals surface area contributed by atoms with Crippen molar-refractivity contribution >= 4 is 0 Å². The number of methoxy groups -OCH3 is 1. The smallest absolute Gasteiger partial charge is 0.127 e. The van der Waals surface area contributed by atoms with E-state index in [1.54, 1.807) is 7.11 Å². The fraction of sp³-hybridized carbons (Fsp3) is 0.500. The van der Waals surface area contributed by atoms with E-state index in [0.29, 0.717) is 12.8 Å². The molecule has 0 aromatic heterocycles. The molecule has 0 aliphatic heterocycles. The first kappa shape index (κ1) is 13.5. The Labute approximate surface area is 103 Å². The lowest BCUT2D eigenvalue weighted by molar-refractivity contribution is 0.400. The van der Waals surface area contributed by atoms with Crippen LogP contribution in [0, 0.1) is 32.1 Å². The van der Waals surface area contributed by atoms with Crippen LogP contribution in [0.5, 0.6) is 5.75 Å². The largest absolute Gasteiger partial charge is 0.496 e. The van der Waals surface area contributed by atoms with Crippen LogP contribution in [-0.4, -0.2) is 7.11 Å². The summed E-state index contributed by atoms with van der Waals surface area (Å²) in [4.78, 5) is 0. The third-order valence-electron chi connectivity index (χ3n) is 3.18. The van der Waals surface area contributed by atoms with Crippen LogP contribution in [0.15, 0.2) is 6.07 Å². The highest BCUT2D eigenvalue weighted by atomic mass is 16.5. The summed E-state index contributed by atoms with van der Waals surface area (Å²) < 4.78 is 5.48. The minimum Gasteiger partial charge on any atom is -0.496 e. The van der Waals surface area contributed by atoms with Gasteiger partial charge in [-0.25, -0.2) is 0 Å². The van der Waals surface area contributed by atoms with Crippen LogP contribution in [0.3, 0.4) is 0 Å². The third-order valence-corrected chi connectivity index (χ3v) is 3.18. The topological polar surface area (TPSA) is 59.0 Å². The highest BCUT2D eigenvalue weighted by Gasteiger charge is 2.17. The van der Waals surface area contributed by atoms with Crippen molar-refractivity contribution in [2.75, 3.05) is 7.11 Å². The average molecular weight is 232 g/mol. The zero-order valence-corrected chi connectivity index (χ0v) is 11.0. The van der Waals surface area contributed by atoms with Crippen LogP contribution < -0.4 is 10.5 Å². The molecule has 92 valence electrons. The van der Waals surface area contributed by atoms with E-state index >= 15 is 0 Å². The van der Waals surface area contributed by atoms with E-state index in [2.05, 4.69) is 19.1 Å². The van der Waals surface area contributed by atoms with Gasteiger partial charge < -0.3 is 10.5 Å². The van der Waals surface area contributed by atoms with Gasteiger partial charge in [0.25, 0.3) is 0 Å². The summed E-state index contributed by atoms with van der Waals surface area (Å²) in [5.74, 6) is 0.868. The highest BCUT2D eigenvalue weighted by molar-refractivity contribution is 5.51. The Balaban J connectivity index is 3.22. The van der Waals surface area contributed by atoms with Crippen molar-refractivity contribution in [3.05, 3.63) is 28.3 Å². The molecule has 0 saturated carbocycles. The molecule has 1 aromatic carbocycles. The number of hydrogen-bond donors (Lipinski definition) is 1. The van der Waals surface area contributed by atoms with E-state index in [0.717, 1.165) is 22.4 Å². The average Bonchev–Trinajstić information content (AvgIpc) is 2.30. The molecular formula is C14H20N2O. The first-order valence-corrected chi connectivity index (χ1v) is 5.80. The number of benzene rings is 1. The minimum atomic E-state index is -0.135. The van der Waals surface area contributed by atoms with E-state index in [9.17, 15) is 0 Å². The maximum atomic E-state index is 8.62. The first-order valence-electron chi connectivity index (χ1n) is 5.80. The predicted molar refractivity (Wildman–Crippen MR) is 69.0 cm³/mol. The molecule has 0 amide bonds. The number of rotatable bonds is 4. The van der Waals surface area contributed by atoms with E-state index in [4.69, 9.17) is 15.7 Å². The molecule has 0 aliphatic rings. The van der Waals surface area contributed by atoms with Crippen molar-refractivity contribution in [1.29, 1.82) is 5.26 Å². The molecule has 3 heteroatoms. The fourth-order valence-electron chi connectivity index (χ4n) is 2.16. The van der Waals surface area contributed by atoms with Gasteiger partial charge in [0.2, 0.25) is 0 Å². The van der Waals surface area contributed by atoms with E-state index < -0.39 is 0 Å². The second-order valence-electron chi connectivity index (χ2n) is 4.39. The molecule has 0 radical (unpaired) electrons. The summed E-state index contributed by atoms with van der Waals surface area (Å²) in [6.45, 7) is 6.14. The minimum absolute atomic E-state index is 0.135. The molecule has 1 atom stereocenters. The quantitative estimate of drug-likeness (QED) is 0.868. The normalized spacial score (nSPS) is 12.0. The number of hydrogen-bond acceptors (Lipinski definition) is 3. The van der Waals surface area contributed by atoms with Crippen molar-refractivity contribution < 1.29 is 4.74 Å². The maximum Gasteiger partial charge on any atom is 0.127 e. The van der Waals surface area contributed by atoms with Crippen molar-refractivity contribution in [3.8, 4) is 11.8 Å². The summed E-state index contributed by atoms with van der Waals surface area (Å²) in [7, 11) is 1.67. The second-order valence-corrected chi connectivity index (χ2v) is 4.39. The number of nitrogens with two attached hydrogens (primary N) is 1. The zero-order valence-electron chi connectivity index (χ0n) is 11.0. The van der Waals surface area contributed by atoms with Crippen molar-refractivity contribution in [2.24, 2.45) is 5.73 Å². The van der Waals surface area contributed by atoms with Gasteiger partial charge in [-0.2, -0.15) is 5.26 Å². The van der Waals surface area contributed by atoms with E-state index in [1.165, 1.54) is 5.56 Å². The van der Waals surface area contributed by atoms with Crippen molar-refractivity contribution in [1.82, 2.24) is 0 Å². The lowest BCUT2D eigenvalue weighted by Crippen LogP contribution is -2.14. The van der Waals surface area contributed by atoms with Crippen LogP contribution in [-0.2, 0) is 0 Å². The molecule has 0 fully saturated rings. The molecule has 0 aliphatic carbocycles. The first-order chi connectivity index (χ1) is 8.02. The molecule has 0 bridgehead atoms. The Kier molecular flexibility index (Phi) is 4.53. The molecule has 0 heterocycles. The molecule has 3 nitrogen and oxygen atoms in total. The Morgan fingerprint density at radius 3 is 2.53 bits per heavy atom. The molecule has 17 heavy (non-hydrogen) atoms. The Morgan fingerprint density at radius 2 is 2.00 bits per heavy atom. The number of ether oxygens (including phenoxy) is 1. The summed E-state index contributed by atoms with van der Waals surface area (Å²) in [5.41, 5.74) is 10.6. The van der Waals surface area contributed by atoms with E-state index in [-0.39, 0.29) is 6.04 Å². The summed E-state index contributed by atoms with van der Waals surface area (Å²) >= 11 is 0. The van der Waals surface area contributed by atoms with Gasteiger partial charge in [-0.05, 0) is 43.9 Å². The molecule has 1 rings (SSSR count). The lowest BCUT2D eigenvalue weighted by Gasteiger charge is -2.20. The van der Waals surface area contributed by atoms with Gasteiger partial charge in [-0.1, -0.05) is 6.07 Å². The molecule has 2 N–H and O–H groups in total. The number of aryl methyl sites for hydroxylation is 2. The van der Waals surface area contributed by atoms with E-state index in [1.807, 2.05) is 13.8 Å². The Morgan fingerprint density at radius 1 is 1.35 bits per heavy atom. The van der Waals surface area contributed by atoms with Gasteiger partial charge in [0.05, 0.1) is 13.2 Å². The molecule has 0 spiro atoms. The molecule has 0 saturated heterocycles. The van der Waals surface area contributed by atoms with Crippen LogP contribution >= 0.6 is 0 Å². The van der Waals surface area contributed by atoms with Crippen LogP contribution in [0.2, 0.25) is 0 Å². The summed E-state index contributed by atoms with van der Waals surface area (Å²) in [5, 5.41) is 8.62. The van der Waals surface area contributed by atoms with Gasteiger partial charge >= 0.3 is 0 Å². The van der Waals surface area contributed by atoms with Gasteiger partial charge in [0, 0.05) is 18.0 Å². The molecule has 1 aromatic rings. The van der Waals surface area contributed by atoms with Crippen LogP contribution in [0.4, 0.5) is 0 Å². The van der Waals surface area contributed by atoms with Crippen LogP contribution in [0.25, 0.3) is 0 Å². The van der Waals surface area contributed by atoms with Crippen LogP contribution in [0.1, 0.15) is 41.1 Å². The fourth-order valence-corrected chi connectivity index (χ4v) is 2.16. The summed E-state index contributed by atoms with van der Waals surface area (Å²) in [6.07, 6.45) is 1.13. The standard InChI is InChI=1S/C14H20N2O/c1-9-8-10(2)13(12(16)6-5-7-15)14(17-4)11(9)3/h8,12H,5-6,16H2,1-4H3. The van der Waals surface area contributed by atoms with Crippen molar-refractivity contribution in [2.45, 2.75) is 39.7 Å². The maximum absolute atomic E-state index is 8.62. The predicted octanol–water partition coefficient (Wildman–Crippen LogP) is 2.92. The number of nitrogens with zero attached hydrogens (tertiary/aromatic N) is 1. The third kappa shape index (κ3) is 2.78. The summed E-state index contributed by atoms with van der Waals surface area (Å²) in [6, 6.07) is 4.12. The zero-order chi connectivity index (χ0) is 13.0. The Hall–Kier alpha value is -1.53. The lowest BCUT2D eigenvalue weighted by atomic mass is 9.92. The SMILES string of the molecule is COc1c(C)c(C)cc(C)c1C(N)CCC#N. The molecule has 1 unspecified atom stereocenters.